The molecule has 0 bridgehead atoms. The second kappa shape index (κ2) is 12.3. The standard InChI is InChI=1S/C27H31N3O7S/c1-18-11-9-10-14-24(18)38(33,34)29-27(32)28-21(15-19-12-7-6-8-13-19)26(31)30(2)20-16-22(35-3)25(37-5)23(17-20)36-4/h6-14,16-17,21H,15H2,1-5H3,(H2,28,29,32). The van der Waals surface area contributed by atoms with Gasteiger partial charge in [-0.05, 0) is 24.1 Å². The molecule has 1 atom stereocenters. The Balaban J connectivity index is 1.90. The molecule has 3 aromatic carbocycles. The third-order valence-corrected chi connectivity index (χ3v) is 7.35. The Hall–Kier alpha value is -4.25. The molecular weight excluding hydrogens is 510 g/mol. The summed E-state index contributed by atoms with van der Waals surface area (Å²) in [5, 5.41) is 2.53. The van der Waals surface area contributed by atoms with Crippen LogP contribution in [0.3, 0.4) is 0 Å². The first-order valence-corrected chi connectivity index (χ1v) is 13.1. The van der Waals surface area contributed by atoms with Crippen LogP contribution >= 0.6 is 0 Å². The first-order valence-electron chi connectivity index (χ1n) is 11.6. The van der Waals surface area contributed by atoms with Crippen LogP contribution in [0.25, 0.3) is 0 Å². The van der Waals surface area contributed by atoms with Crippen molar-refractivity contribution >= 4 is 27.6 Å². The molecule has 0 aliphatic heterocycles. The number of methoxy groups -OCH3 is 3. The summed E-state index contributed by atoms with van der Waals surface area (Å²) in [6.45, 7) is 1.63. The number of hydrogen-bond donors (Lipinski definition) is 2. The molecule has 0 saturated heterocycles. The first-order chi connectivity index (χ1) is 18.1. The number of anilines is 1. The first kappa shape index (κ1) is 28.3. The van der Waals surface area contributed by atoms with Crippen molar-refractivity contribution in [3.05, 3.63) is 77.9 Å². The van der Waals surface area contributed by atoms with E-state index in [1.165, 1.54) is 39.3 Å². The summed E-state index contributed by atoms with van der Waals surface area (Å²) < 4.78 is 43.8. The number of carbonyl (C=O) groups is 2. The van der Waals surface area contributed by atoms with Gasteiger partial charge < -0.3 is 24.4 Å². The van der Waals surface area contributed by atoms with E-state index in [1.807, 2.05) is 35.1 Å². The monoisotopic (exact) mass is 541 g/mol. The van der Waals surface area contributed by atoms with Crippen molar-refractivity contribution in [2.24, 2.45) is 0 Å². The Labute approximate surface area is 222 Å². The van der Waals surface area contributed by atoms with Gasteiger partial charge in [-0.15, -0.1) is 0 Å². The number of ether oxygens (including phenoxy) is 3. The smallest absolute Gasteiger partial charge is 0.329 e. The third-order valence-electron chi connectivity index (χ3n) is 5.86. The lowest BCUT2D eigenvalue weighted by atomic mass is 10.0. The minimum atomic E-state index is -4.17. The van der Waals surface area contributed by atoms with E-state index < -0.39 is 28.0 Å². The molecule has 0 fully saturated rings. The molecule has 0 aromatic heterocycles. The van der Waals surface area contributed by atoms with Crippen molar-refractivity contribution in [2.45, 2.75) is 24.3 Å². The van der Waals surface area contributed by atoms with Crippen molar-refractivity contribution in [3.8, 4) is 17.2 Å². The zero-order valence-electron chi connectivity index (χ0n) is 21.8. The van der Waals surface area contributed by atoms with E-state index in [0.29, 0.717) is 28.5 Å². The Morgan fingerprint density at radius 1 is 0.895 bits per heavy atom. The normalized spacial score (nSPS) is 11.7. The fourth-order valence-corrected chi connectivity index (χ4v) is 5.06. The van der Waals surface area contributed by atoms with Gasteiger partial charge in [-0.2, -0.15) is 0 Å². The van der Waals surface area contributed by atoms with Crippen LogP contribution in [0.5, 0.6) is 17.2 Å². The molecule has 0 aliphatic rings. The molecule has 2 N–H and O–H groups in total. The largest absolute Gasteiger partial charge is 0.493 e. The number of carbonyl (C=O) groups excluding carboxylic acids is 2. The van der Waals surface area contributed by atoms with Crippen LogP contribution in [0.1, 0.15) is 11.1 Å². The Morgan fingerprint density at radius 3 is 2.03 bits per heavy atom. The maximum Gasteiger partial charge on any atom is 0.329 e. The molecule has 3 aromatic rings. The van der Waals surface area contributed by atoms with E-state index in [1.54, 1.807) is 37.3 Å². The van der Waals surface area contributed by atoms with Crippen LogP contribution in [0.15, 0.2) is 71.6 Å². The summed E-state index contributed by atoms with van der Waals surface area (Å²) >= 11 is 0. The number of sulfonamides is 1. The number of benzene rings is 3. The molecule has 38 heavy (non-hydrogen) atoms. The van der Waals surface area contributed by atoms with Crippen LogP contribution in [0, 0.1) is 6.92 Å². The van der Waals surface area contributed by atoms with Crippen LogP contribution in [0.4, 0.5) is 10.5 Å². The van der Waals surface area contributed by atoms with E-state index in [4.69, 9.17) is 14.2 Å². The fraction of sp³-hybridized carbons (Fsp3) is 0.259. The molecule has 11 heteroatoms. The number of likely N-dealkylation sites (N-methyl/N-ethyl adjacent to an activating group) is 1. The predicted octanol–water partition coefficient (Wildman–Crippen LogP) is 3.28. The van der Waals surface area contributed by atoms with E-state index in [2.05, 4.69) is 5.32 Å². The summed E-state index contributed by atoms with van der Waals surface area (Å²) in [5.74, 6) is 0.554. The van der Waals surface area contributed by atoms with E-state index in [-0.39, 0.29) is 11.3 Å². The van der Waals surface area contributed by atoms with E-state index in [0.717, 1.165) is 5.56 Å². The van der Waals surface area contributed by atoms with Crippen molar-refractivity contribution in [1.82, 2.24) is 10.0 Å². The van der Waals surface area contributed by atoms with Gasteiger partial charge >= 0.3 is 6.03 Å². The van der Waals surface area contributed by atoms with Crippen molar-refractivity contribution in [2.75, 3.05) is 33.3 Å². The second-order valence-corrected chi connectivity index (χ2v) is 10.0. The molecule has 202 valence electrons. The highest BCUT2D eigenvalue weighted by Crippen LogP contribution is 2.41. The molecule has 3 amide bonds. The summed E-state index contributed by atoms with van der Waals surface area (Å²) in [7, 11) is 1.76. The molecule has 0 heterocycles. The molecule has 3 rings (SSSR count). The maximum atomic E-state index is 13.6. The quantitative estimate of drug-likeness (QED) is 0.404. The van der Waals surface area contributed by atoms with Crippen LogP contribution in [-0.2, 0) is 21.2 Å². The Bertz CT molecular complexity index is 1370. The predicted molar refractivity (Wildman–Crippen MR) is 143 cm³/mol. The Kier molecular flexibility index (Phi) is 9.19. The lowest BCUT2D eigenvalue weighted by Crippen LogP contribution is -2.52. The van der Waals surface area contributed by atoms with Crippen LogP contribution < -0.4 is 29.1 Å². The number of hydrogen-bond acceptors (Lipinski definition) is 7. The van der Waals surface area contributed by atoms with Gasteiger partial charge in [0.1, 0.15) is 6.04 Å². The van der Waals surface area contributed by atoms with Crippen molar-refractivity contribution in [3.63, 3.8) is 0 Å². The van der Waals surface area contributed by atoms with E-state index >= 15 is 0 Å². The van der Waals surface area contributed by atoms with Gasteiger partial charge in [0.25, 0.3) is 10.0 Å². The maximum absolute atomic E-state index is 13.6. The number of nitrogens with zero attached hydrogens (tertiary/aromatic N) is 1. The van der Waals surface area contributed by atoms with Crippen molar-refractivity contribution in [1.29, 1.82) is 0 Å². The SMILES string of the molecule is COc1cc(N(C)C(=O)C(Cc2ccccc2)NC(=O)NS(=O)(=O)c2ccccc2C)cc(OC)c1OC. The zero-order chi connectivity index (χ0) is 27.9. The number of urea groups is 1. The highest BCUT2D eigenvalue weighted by Gasteiger charge is 2.29. The summed E-state index contributed by atoms with van der Waals surface area (Å²) in [6.07, 6.45) is 0.117. The lowest BCUT2D eigenvalue weighted by molar-refractivity contribution is -0.120. The molecule has 1 unspecified atom stereocenters. The zero-order valence-corrected chi connectivity index (χ0v) is 22.7. The summed E-state index contributed by atoms with van der Waals surface area (Å²) in [5.41, 5.74) is 1.66. The summed E-state index contributed by atoms with van der Waals surface area (Å²) in [4.78, 5) is 27.8. The average Bonchev–Trinajstić information content (AvgIpc) is 2.91. The fourth-order valence-electron chi connectivity index (χ4n) is 3.89. The average molecular weight is 542 g/mol. The molecule has 0 aliphatic carbocycles. The second-order valence-electron chi connectivity index (χ2n) is 8.37. The molecule has 0 spiro atoms. The molecule has 0 radical (unpaired) electrons. The minimum absolute atomic E-state index is 0.0318. The minimum Gasteiger partial charge on any atom is -0.493 e. The van der Waals surface area contributed by atoms with Crippen molar-refractivity contribution < 1.29 is 32.2 Å². The molecule has 10 nitrogen and oxygen atoms in total. The van der Waals surface area contributed by atoms with Gasteiger partial charge in [-0.25, -0.2) is 17.9 Å². The number of nitrogens with one attached hydrogen (secondary N) is 2. The van der Waals surface area contributed by atoms with Gasteiger partial charge in [0.15, 0.2) is 11.5 Å². The number of aryl methyl sites for hydroxylation is 1. The molecule has 0 saturated carbocycles. The highest BCUT2D eigenvalue weighted by atomic mass is 32.2. The highest BCUT2D eigenvalue weighted by molar-refractivity contribution is 7.90. The molecular formula is C27H31N3O7S. The van der Waals surface area contributed by atoms with Gasteiger partial charge in [0, 0.05) is 25.6 Å². The topological polar surface area (TPSA) is 123 Å². The Morgan fingerprint density at radius 2 is 1.47 bits per heavy atom. The summed E-state index contributed by atoms with van der Waals surface area (Å²) in [6, 6.07) is 16.4. The van der Waals surface area contributed by atoms with Crippen LogP contribution in [-0.4, -0.2) is 54.8 Å². The third kappa shape index (κ3) is 6.54. The van der Waals surface area contributed by atoms with Gasteiger partial charge in [-0.3, -0.25) is 4.79 Å². The van der Waals surface area contributed by atoms with Gasteiger partial charge in [0.2, 0.25) is 11.7 Å². The number of rotatable bonds is 10. The van der Waals surface area contributed by atoms with Gasteiger partial charge in [-0.1, -0.05) is 48.5 Å². The number of amides is 3. The van der Waals surface area contributed by atoms with E-state index in [9.17, 15) is 18.0 Å². The van der Waals surface area contributed by atoms with Crippen LogP contribution in [0.2, 0.25) is 0 Å². The van der Waals surface area contributed by atoms with Gasteiger partial charge in [0.05, 0.1) is 31.9 Å². The lowest BCUT2D eigenvalue weighted by Gasteiger charge is -2.26.